The van der Waals surface area contributed by atoms with Gasteiger partial charge in [0.1, 0.15) is 0 Å². The molecule has 0 aliphatic rings. The maximum absolute atomic E-state index is 6.27. The minimum atomic E-state index is 0.624. The molecule has 4 heterocycles. The van der Waals surface area contributed by atoms with Crippen molar-refractivity contribution in [2.24, 2.45) is 7.05 Å². The van der Waals surface area contributed by atoms with E-state index < -0.39 is 0 Å². The minimum Gasteiger partial charge on any atom is -0.449 e. The third-order valence-corrected chi connectivity index (χ3v) is 4.53. The van der Waals surface area contributed by atoms with Crippen molar-refractivity contribution >= 4 is 33.2 Å². The molecule has 0 unspecified atom stereocenters. The summed E-state index contributed by atoms with van der Waals surface area (Å²) >= 11 is 0. The van der Waals surface area contributed by atoms with E-state index >= 15 is 0 Å². The van der Waals surface area contributed by atoms with Gasteiger partial charge >= 0.3 is 0 Å². The maximum atomic E-state index is 6.27. The van der Waals surface area contributed by atoms with Crippen molar-refractivity contribution in [1.82, 2.24) is 9.67 Å². The Labute approximate surface area is 137 Å². The monoisotopic (exact) mass is 318 g/mol. The van der Waals surface area contributed by atoms with Crippen molar-refractivity contribution in [3.05, 3.63) is 54.0 Å². The van der Waals surface area contributed by atoms with Crippen LogP contribution in [-0.2, 0) is 7.05 Å². The highest BCUT2D eigenvalue weighted by atomic mass is 16.4. The molecule has 1 aromatic carbocycles. The van der Waals surface area contributed by atoms with Crippen molar-refractivity contribution in [2.45, 2.75) is 13.8 Å². The number of fused-ring (bicyclic) bond motifs is 5. The lowest BCUT2D eigenvalue weighted by Crippen LogP contribution is -2.37. The molecule has 0 spiro atoms. The van der Waals surface area contributed by atoms with E-state index in [0.29, 0.717) is 5.71 Å². The van der Waals surface area contributed by atoms with Crippen molar-refractivity contribution in [1.29, 1.82) is 0 Å². The van der Waals surface area contributed by atoms with Gasteiger partial charge in [-0.1, -0.05) is 6.07 Å². The average molecular weight is 318 g/mol. The fraction of sp³-hybridized carbons (Fsp3) is 0.158. The molecule has 0 amide bonds. The number of aromatic nitrogens is 3. The standard InChI is InChI=1S/C19H16N3O2/c1-11-5-7-13-16(15(11)22-10-4-9-21(22)3)23-18-14-8-6-12(2)20-19(14)24-17(13)18/h4-10H,1-3H3/q+1. The Balaban J connectivity index is 1.95. The van der Waals surface area contributed by atoms with Crippen LogP contribution >= 0.6 is 0 Å². The zero-order valence-corrected chi connectivity index (χ0v) is 13.7. The van der Waals surface area contributed by atoms with Crippen LogP contribution in [0.1, 0.15) is 11.3 Å². The molecule has 0 saturated heterocycles. The molecule has 0 saturated carbocycles. The Morgan fingerprint density at radius 1 is 0.958 bits per heavy atom. The first kappa shape index (κ1) is 13.4. The molecule has 0 aliphatic carbocycles. The smallest absolute Gasteiger partial charge is 0.230 e. The van der Waals surface area contributed by atoms with Gasteiger partial charge in [0, 0.05) is 11.8 Å². The number of benzene rings is 1. The molecule has 0 atom stereocenters. The Morgan fingerprint density at radius 3 is 2.54 bits per heavy atom. The largest absolute Gasteiger partial charge is 0.449 e. The third kappa shape index (κ3) is 1.64. The van der Waals surface area contributed by atoms with E-state index in [-0.39, 0.29) is 0 Å². The van der Waals surface area contributed by atoms with Crippen LogP contribution < -0.4 is 4.68 Å². The van der Waals surface area contributed by atoms with E-state index in [1.165, 1.54) is 0 Å². The van der Waals surface area contributed by atoms with Crippen LogP contribution in [0.2, 0.25) is 0 Å². The number of rotatable bonds is 1. The van der Waals surface area contributed by atoms with Gasteiger partial charge in [0.05, 0.1) is 17.0 Å². The van der Waals surface area contributed by atoms with E-state index in [1.54, 1.807) is 0 Å². The summed E-state index contributed by atoms with van der Waals surface area (Å²) < 4.78 is 16.4. The topological polar surface area (TPSA) is 48.0 Å². The van der Waals surface area contributed by atoms with Crippen LogP contribution in [0, 0.1) is 13.8 Å². The van der Waals surface area contributed by atoms with Crippen LogP contribution in [0.3, 0.4) is 0 Å². The summed E-state index contributed by atoms with van der Waals surface area (Å²) in [5.41, 5.74) is 6.07. The molecule has 5 rings (SSSR count). The quantitative estimate of drug-likeness (QED) is 0.440. The average Bonchev–Trinajstić information content (AvgIpc) is 3.21. The Kier molecular flexibility index (Phi) is 2.49. The summed E-state index contributed by atoms with van der Waals surface area (Å²) in [7, 11) is 2.01. The van der Waals surface area contributed by atoms with Gasteiger partial charge in [-0.2, -0.15) is 0 Å². The first-order valence-corrected chi connectivity index (χ1v) is 7.89. The second-order valence-electron chi connectivity index (χ2n) is 6.18. The van der Waals surface area contributed by atoms with Gasteiger partial charge in [-0.3, -0.25) is 0 Å². The van der Waals surface area contributed by atoms with E-state index in [4.69, 9.17) is 8.83 Å². The number of aryl methyl sites for hydroxylation is 3. The number of hydrogen-bond acceptors (Lipinski definition) is 3. The zero-order valence-electron chi connectivity index (χ0n) is 13.7. The second kappa shape index (κ2) is 4.47. The summed E-state index contributed by atoms with van der Waals surface area (Å²) in [6.07, 6.45) is 4.03. The predicted molar refractivity (Wildman–Crippen MR) is 91.3 cm³/mol. The highest BCUT2D eigenvalue weighted by Crippen LogP contribution is 2.38. The Morgan fingerprint density at radius 2 is 1.75 bits per heavy atom. The van der Waals surface area contributed by atoms with Gasteiger partial charge in [-0.25, -0.2) is 4.98 Å². The van der Waals surface area contributed by atoms with Gasteiger partial charge in [0.25, 0.3) is 0 Å². The zero-order chi connectivity index (χ0) is 16.4. The molecule has 0 radical (unpaired) electrons. The van der Waals surface area contributed by atoms with Crippen molar-refractivity contribution in [3.63, 3.8) is 0 Å². The van der Waals surface area contributed by atoms with E-state index in [1.807, 2.05) is 49.2 Å². The maximum Gasteiger partial charge on any atom is 0.230 e. The van der Waals surface area contributed by atoms with Gasteiger partial charge in [0.2, 0.25) is 5.71 Å². The normalized spacial score (nSPS) is 12.0. The molecule has 24 heavy (non-hydrogen) atoms. The summed E-state index contributed by atoms with van der Waals surface area (Å²) in [4.78, 5) is 4.46. The summed E-state index contributed by atoms with van der Waals surface area (Å²) in [6.45, 7) is 4.04. The summed E-state index contributed by atoms with van der Waals surface area (Å²) in [5.74, 6) is 0. The highest BCUT2D eigenvalue weighted by Gasteiger charge is 2.22. The molecule has 0 fully saturated rings. The van der Waals surface area contributed by atoms with Crippen molar-refractivity contribution in [2.75, 3.05) is 0 Å². The van der Waals surface area contributed by atoms with Crippen LogP contribution in [0.25, 0.3) is 38.9 Å². The third-order valence-electron chi connectivity index (χ3n) is 4.53. The van der Waals surface area contributed by atoms with Crippen LogP contribution in [0.5, 0.6) is 0 Å². The molecule has 0 aliphatic heterocycles. The van der Waals surface area contributed by atoms with E-state index in [0.717, 1.165) is 44.5 Å². The molecule has 0 N–H and O–H groups in total. The molecular formula is C19H16N3O2+. The first-order valence-electron chi connectivity index (χ1n) is 7.89. The second-order valence-corrected chi connectivity index (χ2v) is 6.18. The number of furan rings is 2. The predicted octanol–water partition coefficient (Wildman–Crippen LogP) is 3.96. The molecule has 4 aromatic heterocycles. The minimum absolute atomic E-state index is 0.624. The highest BCUT2D eigenvalue weighted by molar-refractivity contribution is 6.13. The summed E-state index contributed by atoms with van der Waals surface area (Å²) in [6, 6.07) is 10.1. The van der Waals surface area contributed by atoms with Crippen LogP contribution in [-0.4, -0.2) is 9.67 Å². The molecular weight excluding hydrogens is 302 g/mol. The molecule has 5 heteroatoms. The fourth-order valence-corrected chi connectivity index (χ4v) is 3.32. The fourth-order valence-electron chi connectivity index (χ4n) is 3.32. The van der Waals surface area contributed by atoms with Gasteiger partial charge in [-0.05, 0) is 37.6 Å². The Hall–Kier alpha value is -3.08. The lowest BCUT2D eigenvalue weighted by Gasteiger charge is -2.05. The molecule has 0 bridgehead atoms. The lowest BCUT2D eigenvalue weighted by atomic mass is 10.1. The van der Waals surface area contributed by atoms with Gasteiger partial charge in [0.15, 0.2) is 35.7 Å². The SMILES string of the molecule is Cc1ccc2c(n1)oc1c3ccc(C)c(-n4ccc[n+]4C)c3oc21. The number of nitrogens with zero attached hydrogens (tertiary/aromatic N) is 3. The summed E-state index contributed by atoms with van der Waals surface area (Å²) in [5, 5.41) is 1.88. The molecule has 118 valence electrons. The molecule has 5 aromatic rings. The molecule has 5 nitrogen and oxygen atoms in total. The van der Waals surface area contributed by atoms with Crippen molar-refractivity contribution in [3.8, 4) is 5.69 Å². The van der Waals surface area contributed by atoms with Gasteiger partial charge < -0.3 is 8.83 Å². The number of hydrogen-bond donors (Lipinski definition) is 0. The lowest BCUT2D eigenvalue weighted by molar-refractivity contribution is -0.744. The van der Waals surface area contributed by atoms with E-state index in [9.17, 15) is 0 Å². The Bertz CT molecular complexity index is 1240. The van der Waals surface area contributed by atoms with E-state index in [2.05, 4.69) is 28.7 Å². The van der Waals surface area contributed by atoms with Crippen LogP contribution in [0.4, 0.5) is 0 Å². The first-order chi connectivity index (χ1) is 11.6. The number of pyridine rings is 1. The van der Waals surface area contributed by atoms with Gasteiger partial charge in [-0.15, -0.1) is 9.36 Å². The van der Waals surface area contributed by atoms with Crippen LogP contribution in [0.15, 0.2) is 51.6 Å². The van der Waals surface area contributed by atoms with Crippen molar-refractivity contribution < 1.29 is 13.5 Å².